The van der Waals surface area contributed by atoms with Gasteiger partial charge in [0.25, 0.3) is 0 Å². The molecule has 0 aromatic heterocycles. The van der Waals surface area contributed by atoms with Crippen molar-refractivity contribution in [2.45, 2.75) is 128 Å². The standard InChI is InChI=1S/C33H70O10P4S7/c1-15-35-33(34)16-17-52-46(49,40-29(10)11)42-32(14)24-54-47(50,41-30(12)22-51-44(36-18-25(2)3)37-19-26(4)5)43-31(13)23-53-45(48,38-20-27(6)7)39-21-28(8)9/h25-32H,15-24H2,1-14H3. The zero-order valence-corrected chi connectivity index (χ0v) is 44.2. The van der Waals surface area contributed by atoms with Crippen LogP contribution in [0, 0.1) is 23.7 Å². The maximum absolute atomic E-state index is 12.0. The lowest BCUT2D eigenvalue weighted by molar-refractivity contribution is -0.142. The molecule has 21 heteroatoms. The predicted octanol–water partition coefficient (Wildman–Crippen LogP) is 13.1. The Kier molecular flexibility index (Phi) is 32.6. The summed E-state index contributed by atoms with van der Waals surface area (Å²) in [5, 5.41) is 0. The fraction of sp³-hybridized carbons (Fsp3) is 0.970. The highest BCUT2D eigenvalue weighted by Crippen LogP contribution is 2.67. The molecule has 0 amide bonds. The van der Waals surface area contributed by atoms with Gasteiger partial charge in [0.2, 0.25) is 24.7 Å². The van der Waals surface area contributed by atoms with Gasteiger partial charge >= 0.3 is 5.97 Å². The molecule has 54 heavy (non-hydrogen) atoms. The summed E-state index contributed by atoms with van der Waals surface area (Å²) in [6.45, 7) is 31.1. The van der Waals surface area contributed by atoms with Crippen molar-refractivity contribution in [1.82, 2.24) is 0 Å². The van der Waals surface area contributed by atoms with E-state index in [1.54, 1.807) is 18.3 Å². The van der Waals surface area contributed by atoms with Crippen molar-refractivity contribution >= 4 is 112 Å². The van der Waals surface area contributed by atoms with E-state index < -0.39 is 24.7 Å². The average molecular weight is 975 g/mol. The van der Waals surface area contributed by atoms with E-state index in [9.17, 15) is 4.79 Å². The number of esters is 1. The Morgan fingerprint density at radius 1 is 0.574 bits per heavy atom. The van der Waals surface area contributed by atoms with Crippen LogP contribution in [0.5, 0.6) is 0 Å². The van der Waals surface area contributed by atoms with Crippen LogP contribution >= 0.6 is 70.2 Å². The molecule has 324 valence electrons. The summed E-state index contributed by atoms with van der Waals surface area (Å²) in [6.07, 6.45) is -0.799. The second kappa shape index (κ2) is 30.9. The molecule has 0 spiro atoms. The molecule has 0 rings (SSSR count). The summed E-state index contributed by atoms with van der Waals surface area (Å²) in [5.41, 5.74) is -8.36. The summed E-state index contributed by atoms with van der Waals surface area (Å²) in [7, 11) is -1.15. The Morgan fingerprint density at radius 2 is 0.981 bits per heavy atom. The number of carbonyl (C=O) groups is 1. The molecule has 0 bridgehead atoms. The van der Waals surface area contributed by atoms with Gasteiger partial charge in [0, 0.05) is 23.0 Å². The predicted molar refractivity (Wildman–Crippen MR) is 252 cm³/mol. The average Bonchev–Trinajstić information content (AvgIpc) is 3.03. The molecule has 0 fully saturated rings. The first-order valence-corrected chi connectivity index (χ1v) is 34.1. The lowest BCUT2D eigenvalue weighted by atomic mass is 10.2. The fourth-order valence-electron chi connectivity index (χ4n) is 3.34. The van der Waals surface area contributed by atoms with Gasteiger partial charge in [-0.3, -0.25) is 4.79 Å². The molecule has 0 aromatic carbocycles. The van der Waals surface area contributed by atoms with Crippen LogP contribution in [-0.4, -0.2) is 86.4 Å². The molecule has 5 atom stereocenters. The van der Waals surface area contributed by atoms with E-state index in [1.165, 1.54) is 34.1 Å². The number of ether oxygens (including phenoxy) is 1. The SMILES string of the molecule is CCOC(=O)CCSP(=S)(OC(C)C)OC(C)CSP(=S)(OC(C)CSP(OCC(C)C)OCC(C)C)OC(C)CSP(=S)(OCC(C)C)OCC(C)C. The van der Waals surface area contributed by atoms with Gasteiger partial charge in [-0.2, -0.15) is 0 Å². The smallest absolute Gasteiger partial charge is 0.306 e. The Hall–Kier alpha value is 2.93. The maximum Gasteiger partial charge on any atom is 0.306 e. The van der Waals surface area contributed by atoms with E-state index in [0.717, 1.165) is 0 Å². The van der Waals surface area contributed by atoms with E-state index >= 15 is 0 Å². The van der Waals surface area contributed by atoms with Crippen molar-refractivity contribution in [3.63, 3.8) is 0 Å². The Balaban J connectivity index is 5.98. The lowest BCUT2D eigenvalue weighted by Gasteiger charge is -2.31. The van der Waals surface area contributed by atoms with Gasteiger partial charge in [-0.05, 0) is 101 Å². The maximum atomic E-state index is 12.0. The fourth-order valence-corrected chi connectivity index (χ4v) is 22.6. The molecule has 0 saturated heterocycles. The molecule has 5 unspecified atom stereocenters. The largest absolute Gasteiger partial charge is 0.466 e. The highest BCUT2D eigenvalue weighted by molar-refractivity contribution is 8.69. The third kappa shape index (κ3) is 30.9. The second-order valence-corrected chi connectivity index (χ2v) is 36.7. The molecule has 0 radical (unpaired) electrons. The van der Waals surface area contributed by atoms with Crippen LogP contribution in [0.15, 0.2) is 0 Å². The molecule has 0 aliphatic carbocycles. The van der Waals surface area contributed by atoms with Crippen molar-refractivity contribution in [2.75, 3.05) is 56.0 Å². The first kappa shape index (κ1) is 56.9. The van der Waals surface area contributed by atoms with Crippen LogP contribution in [0.25, 0.3) is 0 Å². The van der Waals surface area contributed by atoms with Gasteiger partial charge in [-0.25, -0.2) is 0 Å². The minimum absolute atomic E-state index is 0.146. The molecule has 0 aromatic rings. The minimum atomic E-state index is -2.95. The van der Waals surface area contributed by atoms with Crippen LogP contribution in [0.4, 0.5) is 0 Å². The third-order valence-corrected chi connectivity index (χ3v) is 25.4. The zero-order valence-electron chi connectivity index (χ0n) is 34.9. The Labute approximate surface area is 362 Å². The number of hydrogen-bond acceptors (Lipinski definition) is 17. The molecule has 0 N–H and O–H groups in total. The van der Waals surface area contributed by atoms with Crippen molar-refractivity contribution in [1.29, 1.82) is 0 Å². The lowest BCUT2D eigenvalue weighted by Crippen LogP contribution is -2.17. The van der Waals surface area contributed by atoms with Crippen LogP contribution in [0.1, 0.15) is 103 Å². The summed E-state index contributed by atoms with van der Waals surface area (Å²) in [5.74, 6) is 3.23. The molecule has 10 nitrogen and oxygen atoms in total. The summed E-state index contributed by atoms with van der Waals surface area (Å²) in [6, 6.07) is 0. The van der Waals surface area contributed by atoms with Crippen LogP contribution in [0.2, 0.25) is 0 Å². The van der Waals surface area contributed by atoms with Crippen molar-refractivity contribution in [2.24, 2.45) is 23.7 Å². The summed E-state index contributed by atoms with van der Waals surface area (Å²) in [4.78, 5) is 12.0. The van der Waals surface area contributed by atoms with Crippen molar-refractivity contribution in [3.8, 4) is 0 Å². The minimum Gasteiger partial charge on any atom is -0.466 e. The van der Waals surface area contributed by atoms with Crippen LogP contribution in [0.3, 0.4) is 0 Å². The molecule has 0 aliphatic rings. The van der Waals surface area contributed by atoms with Gasteiger partial charge in [0.1, 0.15) is 0 Å². The van der Waals surface area contributed by atoms with E-state index in [4.69, 9.17) is 76.3 Å². The molecular weight excluding hydrogens is 905 g/mol. The topological polar surface area (TPSA) is 100 Å². The Bertz CT molecular complexity index is 1130. The van der Waals surface area contributed by atoms with Crippen LogP contribution in [-0.2, 0) is 81.1 Å². The summed E-state index contributed by atoms with van der Waals surface area (Å²) < 4.78 is 55.6. The van der Waals surface area contributed by atoms with Crippen molar-refractivity contribution < 1.29 is 45.7 Å². The first-order chi connectivity index (χ1) is 25.0. The molecule has 0 saturated carbocycles. The van der Waals surface area contributed by atoms with E-state index in [1.807, 2.05) is 34.6 Å². The van der Waals surface area contributed by atoms with Gasteiger partial charge in [-0.1, -0.05) is 101 Å². The molecular formula is C33H70O10P4S7. The highest BCUT2D eigenvalue weighted by atomic mass is 32.9. The van der Waals surface area contributed by atoms with E-state index in [-0.39, 0.29) is 36.8 Å². The van der Waals surface area contributed by atoms with Crippen molar-refractivity contribution in [3.05, 3.63) is 0 Å². The van der Waals surface area contributed by atoms with Gasteiger partial charge in [0.15, 0.2) is 0 Å². The zero-order chi connectivity index (χ0) is 41.5. The quantitative estimate of drug-likeness (QED) is 0.0451. The van der Waals surface area contributed by atoms with Gasteiger partial charge in [-0.15, -0.1) is 0 Å². The van der Waals surface area contributed by atoms with Gasteiger partial charge in [0.05, 0.1) is 63.9 Å². The molecule has 0 aliphatic heterocycles. The first-order valence-electron chi connectivity index (χ1n) is 18.6. The third-order valence-electron chi connectivity index (χ3n) is 5.64. The Morgan fingerprint density at radius 3 is 1.39 bits per heavy atom. The number of hydrogen-bond donors (Lipinski definition) is 0. The highest BCUT2D eigenvalue weighted by Gasteiger charge is 2.32. The molecule has 0 heterocycles. The van der Waals surface area contributed by atoms with E-state index in [0.29, 0.717) is 79.7 Å². The normalized spacial score (nSPS) is 16.7. The van der Waals surface area contributed by atoms with E-state index in [2.05, 4.69) is 55.4 Å². The summed E-state index contributed by atoms with van der Waals surface area (Å²) >= 11 is 24.1. The number of rotatable bonds is 34. The second-order valence-electron chi connectivity index (χ2n) is 14.5. The van der Waals surface area contributed by atoms with Gasteiger partial charge < -0.3 is 40.9 Å². The number of carbonyl (C=O) groups excluding carboxylic acids is 1. The monoisotopic (exact) mass is 974 g/mol. The van der Waals surface area contributed by atoms with Crippen LogP contribution < -0.4 is 0 Å².